The van der Waals surface area contributed by atoms with Gasteiger partial charge >= 0.3 is 0 Å². The predicted molar refractivity (Wildman–Crippen MR) is 128 cm³/mol. The molecule has 8 nitrogen and oxygen atoms in total. The van der Waals surface area contributed by atoms with Crippen LogP contribution in [0.25, 0.3) is 6.08 Å². The van der Waals surface area contributed by atoms with E-state index in [4.69, 9.17) is 9.47 Å². The van der Waals surface area contributed by atoms with E-state index in [1.54, 1.807) is 0 Å². The van der Waals surface area contributed by atoms with Gasteiger partial charge in [-0.05, 0) is 53.7 Å². The molecule has 1 aliphatic rings. The number of nitrogens with one attached hydrogen (secondary N) is 1. The summed E-state index contributed by atoms with van der Waals surface area (Å²) in [7, 11) is 1.43. The Kier molecular flexibility index (Phi) is 6.88. The molecule has 1 saturated heterocycles. The molecule has 0 aromatic heterocycles. The lowest BCUT2D eigenvalue weighted by atomic mass is 10.1. The number of benzene rings is 3. The number of amidine groups is 1. The van der Waals surface area contributed by atoms with Crippen LogP contribution in [0.5, 0.6) is 11.5 Å². The number of halogens is 1. The lowest BCUT2D eigenvalue weighted by Gasteiger charge is -2.12. The quantitative estimate of drug-likeness (QED) is 0.283. The molecular weight excluding hydrogens is 461 g/mol. The number of rotatable bonds is 7. The molecule has 1 heterocycles. The second-order valence-corrected chi connectivity index (χ2v) is 8.08. The second-order valence-electron chi connectivity index (χ2n) is 7.05. The maximum absolute atomic E-state index is 13.1. The summed E-state index contributed by atoms with van der Waals surface area (Å²) in [6.45, 7) is 0.205. The molecule has 0 spiro atoms. The Morgan fingerprint density at radius 3 is 2.53 bits per heavy atom. The number of nitro benzene ring substituents is 1. The molecule has 1 N–H and O–H groups in total. The molecule has 0 radical (unpaired) electrons. The number of thioether (sulfide) groups is 1. The number of amides is 1. The number of hydrogen-bond donors (Lipinski definition) is 1. The van der Waals surface area contributed by atoms with E-state index >= 15 is 0 Å². The first-order valence-electron chi connectivity index (χ1n) is 10.0. The van der Waals surface area contributed by atoms with E-state index < -0.39 is 16.6 Å². The minimum absolute atomic E-state index is 0.176. The van der Waals surface area contributed by atoms with Crippen LogP contribution in [0.2, 0.25) is 0 Å². The van der Waals surface area contributed by atoms with E-state index in [2.05, 4.69) is 10.3 Å². The molecule has 0 aliphatic carbocycles. The van der Waals surface area contributed by atoms with E-state index in [9.17, 15) is 19.3 Å². The van der Waals surface area contributed by atoms with Crippen molar-refractivity contribution in [2.45, 2.75) is 6.61 Å². The summed E-state index contributed by atoms with van der Waals surface area (Å²) < 4.78 is 24.2. The third kappa shape index (κ3) is 5.41. The van der Waals surface area contributed by atoms with Crippen molar-refractivity contribution in [1.29, 1.82) is 0 Å². The SMILES string of the molecule is COc1cc(/C=C2/SC(=Nc3ccc(F)cc3)NC2=O)c([N+](=O)[O-])cc1OCc1ccccc1. The Labute approximate surface area is 198 Å². The van der Waals surface area contributed by atoms with Gasteiger partial charge in [-0.2, -0.15) is 0 Å². The summed E-state index contributed by atoms with van der Waals surface area (Å²) in [6, 6.07) is 17.6. The largest absolute Gasteiger partial charge is 0.493 e. The fraction of sp³-hybridized carbons (Fsp3) is 0.0833. The van der Waals surface area contributed by atoms with Gasteiger partial charge in [-0.3, -0.25) is 14.9 Å². The van der Waals surface area contributed by atoms with Gasteiger partial charge in [0.1, 0.15) is 12.4 Å². The minimum Gasteiger partial charge on any atom is -0.493 e. The highest BCUT2D eigenvalue weighted by atomic mass is 32.2. The average Bonchev–Trinajstić information content (AvgIpc) is 3.18. The maximum atomic E-state index is 13.1. The fourth-order valence-corrected chi connectivity index (χ4v) is 3.93. The zero-order chi connectivity index (χ0) is 24.1. The summed E-state index contributed by atoms with van der Waals surface area (Å²) in [5.74, 6) is -0.354. The number of nitrogens with zero attached hydrogens (tertiary/aromatic N) is 2. The molecule has 0 bridgehead atoms. The van der Waals surface area contributed by atoms with Gasteiger partial charge in [0.15, 0.2) is 16.7 Å². The van der Waals surface area contributed by atoms with Crippen molar-refractivity contribution in [2.24, 2.45) is 4.99 Å². The van der Waals surface area contributed by atoms with Crippen molar-refractivity contribution in [3.05, 3.63) is 98.7 Å². The van der Waals surface area contributed by atoms with Crippen LogP contribution in [-0.2, 0) is 11.4 Å². The van der Waals surface area contributed by atoms with Crippen molar-refractivity contribution in [2.75, 3.05) is 7.11 Å². The van der Waals surface area contributed by atoms with Gasteiger partial charge in [0, 0.05) is 0 Å². The molecule has 0 unspecified atom stereocenters. The van der Waals surface area contributed by atoms with E-state index in [0.29, 0.717) is 5.69 Å². The lowest BCUT2D eigenvalue weighted by Crippen LogP contribution is -2.19. The van der Waals surface area contributed by atoms with E-state index in [0.717, 1.165) is 17.3 Å². The molecule has 172 valence electrons. The second kappa shape index (κ2) is 10.2. The van der Waals surface area contributed by atoms with Crippen molar-refractivity contribution in [3.8, 4) is 11.5 Å². The Bertz CT molecular complexity index is 1290. The molecule has 4 rings (SSSR count). The summed E-state index contributed by atoms with van der Waals surface area (Å²) in [5, 5.41) is 14.6. The number of hydrogen-bond acceptors (Lipinski definition) is 7. The molecule has 0 atom stereocenters. The topological polar surface area (TPSA) is 103 Å². The number of carbonyl (C=O) groups is 1. The molecule has 10 heteroatoms. The van der Waals surface area contributed by atoms with Crippen molar-refractivity contribution in [1.82, 2.24) is 5.32 Å². The Hall–Kier alpha value is -4.18. The first-order valence-corrected chi connectivity index (χ1v) is 10.8. The molecule has 0 saturated carbocycles. The van der Waals surface area contributed by atoms with Crippen LogP contribution in [0.15, 0.2) is 76.6 Å². The normalized spacial score (nSPS) is 15.4. The predicted octanol–water partition coefficient (Wildman–Crippen LogP) is 5.21. The Morgan fingerprint density at radius 2 is 1.85 bits per heavy atom. The highest BCUT2D eigenvalue weighted by Gasteiger charge is 2.26. The van der Waals surface area contributed by atoms with Gasteiger partial charge in [-0.25, -0.2) is 9.38 Å². The number of nitro groups is 1. The molecule has 34 heavy (non-hydrogen) atoms. The monoisotopic (exact) mass is 479 g/mol. The molecule has 3 aromatic rings. The van der Waals surface area contributed by atoms with Crippen molar-refractivity contribution < 1.29 is 23.6 Å². The van der Waals surface area contributed by atoms with E-state index in [1.165, 1.54) is 49.6 Å². The standard InChI is InChI=1S/C24H18FN3O5S/c1-32-20-11-16(19(28(30)31)13-21(20)33-14-15-5-3-2-4-6-15)12-22-23(29)27-24(34-22)26-18-9-7-17(25)8-10-18/h2-13H,14H2,1H3,(H,26,27,29)/b22-12+. The fourth-order valence-electron chi connectivity index (χ4n) is 3.10. The zero-order valence-corrected chi connectivity index (χ0v) is 18.7. The summed E-state index contributed by atoms with van der Waals surface area (Å²) in [6.07, 6.45) is 1.40. The van der Waals surface area contributed by atoms with Crippen molar-refractivity contribution >= 4 is 40.3 Å². The maximum Gasteiger partial charge on any atom is 0.280 e. The van der Waals surface area contributed by atoms with Gasteiger partial charge in [-0.15, -0.1) is 0 Å². The molecule has 1 fully saturated rings. The molecule has 1 aliphatic heterocycles. The summed E-state index contributed by atoms with van der Waals surface area (Å²) >= 11 is 1.02. The van der Waals surface area contributed by atoms with E-state index in [1.807, 2.05) is 30.3 Å². The minimum atomic E-state index is -0.549. The van der Waals surface area contributed by atoms with Crippen LogP contribution >= 0.6 is 11.8 Å². The van der Waals surface area contributed by atoms with Crippen LogP contribution in [0.4, 0.5) is 15.8 Å². The third-order valence-corrected chi connectivity index (χ3v) is 5.65. The molecule has 3 aromatic carbocycles. The van der Waals surface area contributed by atoms with Crippen LogP contribution in [0, 0.1) is 15.9 Å². The third-order valence-electron chi connectivity index (χ3n) is 4.74. The van der Waals surface area contributed by atoms with E-state index in [-0.39, 0.29) is 39.4 Å². The smallest absolute Gasteiger partial charge is 0.280 e. The highest BCUT2D eigenvalue weighted by molar-refractivity contribution is 8.18. The lowest BCUT2D eigenvalue weighted by molar-refractivity contribution is -0.385. The van der Waals surface area contributed by atoms with Crippen LogP contribution < -0.4 is 14.8 Å². The Morgan fingerprint density at radius 1 is 1.12 bits per heavy atom. The number of methoxy groups -OCH3 is 1. The number of aliphatic imine (C=N–C) groups is 1. The number of ether oxygens (including phenoxy) is 2. The first-order chi connectivity index (χ1) is 16.4. The van der Waals surface area contributed by atoms with Crippen molar-refractivity contribution in [3.63, 3.8) is 0 Å². The Balaban J connectivity index is 1.62. The van der Waals surface area contributed by atoms with Gasteiger partial charge in [0.05, 0.1) is 34.3 Å². The molecular formula is C24H18FN3O5S. The van der Waals surface area contributed by atoms with Gasteiger partial charge in [0.25, 0.3) is 11.6 Å². The van der Waals surface area contributed by atoms with Gasteiger partial charge in [0.2, 0.25) is 0 Å². The summed E-state index contributed by atoms with van der Waals surface area (Å²) in [5.41, 5.74) is 1.28. The van der Waals surface area contributed by atoms with Crippen LogP contribution in [0.3, 0.4) is 0 Å². The zero-order valence-electron chi connectivity index (χ0n) is 17.9. The van der Waals surface area contributed by atoms with Gasteiger partial charge < -0.3 is 14.8 Å². The van der Waals surface area contributed by atoms with Crippen LogP contribution in [-0.4, -0.2) is 23.1 Å². The average molecular weight is 479 g/mol. The van der Waals surface area contributed by atoms with Gasteiger partial charge in [-0.1, -0.05) is 30.3 Å². The van der Waals surface area contributed by atoms with Crippen LogP contribution in [0.1, 0.15) is 11.1 Å². The first kappa shape index (κ1) is 23.0. The summed E-state index contributed by atoms with van der Waals surface area (Å²) in [4.78, 5) is 28.1. The highest BCUT2D eigenvalue weighted by Crippen LogP contribution is 2.38. The number of carbonyl (C=O) groups excluding carboxylic acids is 1. The molecule has 1 amide bonds.